The molecule has 0 unspecified atom stereocenters. The summed E-state index contributed by atoms with van der Waals surface area (Å²) in [5.74, 6) is 0.478. The number of aromatic nitrogens is 5. The quantitative estimate of drug-likeness (QED) is 0.752. The highest BCUT2D eigenvalue weighted by Gasteiger charge is 2.26. The van der Waals surface area contributed by atoms with Crippen LogP contribution in [-0.2, 0) is 0 Å². The number of carbonyl (C=O) groups is 1. The van der Waals surface area contributed by atoms with Gasteiger partial charge in [0.25, 0.3) is 5.91 Å². The highest BCUT2D eigenvalue weighted by atomic mass is 16.2. The molecular formula is C20H23N7O. The highest BCUT2D eigenvalue weighted by molar-refractivity contribution is 5.93. The fourth-order valence-corrected chi connectivity index (χ4v) is 3.40. The number of nitrogens with one attached hydrogen (secondary N) is 1. The molecule has 0 radical (unpaired) electrons. The van der Waals surface area contributed by atoms with Crippen molar-refractivity contribution in [3.8, 4) is 11.3 Å². The van der Waals surface area contributed by atoms with Crippen molar-refractivity contribution in [1.82, 2.24) is 29.9 Å². The van der Waals surface area contributed by atoms with Crippen molar-refractivity contribution in [1.29, 1.82) is 0 Å². The molecule has 3 aromatic rings. The molecule has 4 rings (SSSR count). The number of hydrogen-bond acceptors (Lipinski definition) is 6. The average Bonchev–Trinajstić information content (AvgIpc) is 3.24. The summed E-state index contributed by atoms with van der Waals surface area (Å²) in [5, 5.41) is 11.5. The van der Waals surface area contributed by atoms with Gasteiger partial charge < -0.3 is 10.2 Å². The minimum atomic E-state index is -0.0277. The molecule has 0 aliphatic carbocycles. The van der Waals surface area contributed by atoms with Crippen LogP contribution in [0.4, 0.5) is 5.95 Å². The van der Waals surface area contributed by atoms with Gasteiger partial charge in [-0.3, -0.25) is 4.79 Å². The molecule has 1 N–H and O–H groups in total. The van der Waals surface area contributed by atoms with E-state index in [0.717, 1.165) is 24.1 Å². The number of benzene rings is 1. The molecule has 144 valence electrons. The van der Waals surface area contributed by atoms with Crippen molar-refractivity contribution in [2.45, 2.75) is 25.8 Å². The largest absolute Gasteiger partial charge is 0.357 e. The Kier molecular flexibility index (Phi) is 5.01. The second-order valence-corrected chi connectivity index (χ2v) is 7.02. The summed E-state index contributed by atoms with van der Waals surface area (Å²) >= 11 is 0. The molecule has 0 bridgehead atoms. The van der Waals surface area contributed by atoms with Crippen molar-refractivity contribution >= 4 is 11.9 Å². The molecule has 2 aromatic heterocycles. The van der Waals surface area contributed by atoms with Crippen molar-refractivity contribution in [3.05, 3.63) is 54.0 Å². The van der Waals surface area contributed by atoms with E-state index in [2.05, 4.69) is 56.8 Å². The first kappa shape index (κ1) is 18.1. The van der Waals surface area contributed by atoms with Gasteiger partial charge in [-0.1, -0.05) is 35.0 Å². The molecule has 8 nitrogen and oxygen atoms in total. The number of aryl methyl sites for hydroxylation is 1. The maximum atomic E-state index is 12.6. The smallest absolute Gasteiger partial charge is 0.256 e. The van der Waals surface area contributed by atoms with Gasteiger partial charge in [-0.2, -0.15) is 0 Å². The molecule has 8 heteroatoms. The van der Waals surface area contributed by atoms with E-state index in [1.165, 1.54) is 5.56 Å². The van der Waals surface area contributed by atoms with Gasteiger partial charge in [-0.15, -0.1) is 5.10 Å². The second-order valence-electron chi connectivity index (χ2n) is 7.02. The predicted octanol–water partition coefficient (Wildman–Crippen LogP) is 2.56. The van der Waals surface area contributed by atoms with Gasteiger partial charge in [-0.25, -0.2) is 14.6 Å². The van der Waals surface area contributed by atoms with E-state index in [9.17, 15) is 4.79 Å². The van der Waals surface area contributed by atoms with Crippen LogP contribution in [0.1, 0.15) is 34.8 Å². The summed E-state index contributed by atoms with van der Waals surface area (Å²) in [6.07, 6.45) is 6.82. The molecule has 1 aliphatic heterocycles. The van der Waals surface area contributed by atoms with E-state index in [-0.39, 0.29) is 11.9 Å². The van der Waals surface area contributed by atoms with E-state index < -0.39 is 0 Å². The second kappa shape index (κ2) is 7.75. The van der Waals surface area contributed by atoms with Crippen molar-refractivity contribution in [2.75, 3.05) is 25.5 Å². The normalized spacial score (nSPS) is 14.9. The molecule has 1 amide bonds. The predicted molar refractivity (Wildman–Crippen MR) is 106 cm³/mol. The SMILES string of the molecule is CNc1ncc(C(=O)N2CCC(n3cc(-c4ccc(C)cc4)nn3)CC2)cn1. The molecule has 1 aliphatic rings. The first-order valence-electron chi connectivity index (χ1n) is 9.42. The summed E-state index contributed by atoms with van der Waals surface area (Å²) in [7, 11) is 1.75. The Morgan fingerprint density at radius 3 is 2.43 bits per heavy atom. The average molecular weight is 377 g/mol. The first-order chi connectivity index (χ1) is 13.6. The van der Waals surface area contributed by atoms with Crippen LogP contribution in [0.2, 0.25) is 0 Å². The van der Waals surface area contributed by atoms with E-state index in [4.69, 9.17) is 0 Å². The molecule has 28 heavy (non-hydrogen) atoms. The van der Waals surface area contributed by atoms with E-state index in [0.29, 0.717) is 24.6 Å². The third-order valence-corrected chi connectivity index (χ3v) is 5.11. The number of rotatable bonds is 4. The van der Waals surface area contributed by atoms with Crippen LogP contribution < -0.4 is 5.32 Å². The van der Waals surface area contributed by atoms with Gasteiger partial charge in [0.05, 0.1) is 17.8 Å². The van der Waals surface area contributed by atoms with Gasteiger partial charge in [0.2, 0.25) is 5.95 Å². The molecule has 0 spiro atoms. The van der Waals surface area contributed by atoms with Crippen LogP contribution in [0.5, 0.6) is 0 Å². The minimum absolute atomic E-state index is 0.0277. The fourth-order valence-electron chi connectivity index (χ4n) is 3.40. The lowest BCUT2D eigenvalue weighted by atomic mass is 10.0. The number of nitrogens with zero attached hydrogens (tertiary/aromatic N) is 6. The van der Waals surface area contributed by atoms with Crippen LogP contribution in [0.3, 0.4) is 0 Å². The maximum absolute atomic E-state index is 12.6. The highest BCUT2D eigenvalue weighted by Crippen LogP contribution is 2.25. The number of hydrogen-bond donors (Lipinski definition) is 1. The Morgan fingerprint density at radius 1 is 1.11 bits per heavy atom. The standard InChI is InChI=1S/C20H23N7O/c1-14-3-5-15(6-4-14)18-13-27(25-24-18)17-7-9-26(10-8-17)19(28)16-11-22-20(21-2)23-12-16/h3-6,11-13,17H,7-10H2,1-2H3,(H,21,22,23). The Bertz CT molecular complexity index is 941. The summed E-state index contributed by atoms with van der Waals surface area (Å²) in [6.45, 7) is 3.42. The third-order valence-electron chi connectivity index (χ3n) is 5.11. The lowest BCUT2D eigenvalue weighted by Gasteiger charge is -2.31. The van der Waals surface area contributed by atoms with Crippen LogP contribution in [0.25, 0.3) is 11.3 Å². The van der Waals surface area contributed by atoms with Gasteiger partial charge in [-0.05, 0) is 19.8 Å². The lowest BCUT2D eigenvalue weighted by Crippen LogP contribution is -2.39. The zero-order valence-electron chi connectivity index (χ0n) is 16.0. The topological polar surface area (TPSA) is 88.8 Å². The van der Waals surface area contributed by atoms with E-state index in [1.807, 2.05) is 15.8 Å². The number of likely N-dealkylation sites (tertiary alicyclic amines) is 1. The monoisotopic (exact) mass is 377 g/mol. The lowest BCUT2D eigenvalue weighted by molar-refractivity contribution is 0.0688. The summed E-state index contributed by atoms with van der Waals surface area (Å²) in [5.41, 5.74) is 3.67. The molecule has 1 saturated heterocycles. The Morgan fingerprint density at radius 2 is 1.79 bits per heavy atom. The van der Waals surface area contributed by atoms with Crippen molar-refractivity contribution in [2.24, 2.45) is 0 Å². The molecule has 0 atom stereocenters. The zero-order chi connectivity index (χ0) is 19.5. The van der Waals surface area contributed by atoms with Crippen LogP contribution in [-0.4, -0.2) is 55.9 Å². The van der Waals surface area contributed by atoms with Crippen molar-refractivity contribution in [3.63, 3.8) is 0 Å². The zero-order valence-corrected chi connectivity index (χ0v) is 16.0. The summed E-state index contributed by atoms with van der Waals surface area (Å²) in [4.78, 5) is 22.7. The van der Waals surface area contributed by atoms with E-state index >= 15 is 0 Å². The molecular weight excluding hydrogens is 354 g/mol. The van der Waals surface area contributed by atoms with Crippen LogP contribution in [0, 0.1) is 6.92 Å². The van der Waals surface area contributed by atoms with Crippen molar-refractivity contribution < 1.29 is 4.79 Å². The Labute approximate surface area is 163 Å². The third kappa shape index (κ3) is 3.71. The fraction of sp³-hybridized carbons (Fsp3) is 0.350. The Hall–Kier alpha value is -3.29. The number of anilines is 1. The minimum Gasteiger partial charge on any atom is -0.357 e. The summed E-state index contributed by atoms with van der Waals surface area (Å²) in [6, 6.07) is 8.52. The molecule has 1 fully saturated rings. The number of amides is 1. The first-order valence-corrected chi connectivity index (χ1v) is 9.42. The van der Waals surface area contributed by atoms with Crippen LogP contribution >= 0.6 is 0 Å². The Balaban J connectivity index is 1.38. The number of carbonyl (C=O) groups excluding carboxylic acids is 1. The van der Waals surface area contributed by atoms with Gasteiger partial charge in [0.15, 0.2) is 0 Å². The molecule has 3 heterocycles. The maximum Gasteiger partial charge on any atom is 0.256 e. The number of piperidine rings is 1. The van der Waals surface area contributed by atoms with Gasteiger partial charge >= 0.3 is 0 Å². The molecule has 1 aromatic carbocycles. The molecule has 0 saturated carbocycles. The summed E-state index contributed by atoms with van der Waals surface area (Å²) < 4.78 is 1.93. The van der Waals surface area contributed by atoms with E-state index in [1.54, 1.807) is 19.4 Å². The van der Waals surface area contributed by atoms with Gasteiger partial charge in [0.1, 0.15) is 5.69 Å². The van der Waals surface area contributed by atoms with Crippen LogP contribution in [0.15, 0.2) is 42.9 Å². The van der Waals surface area contributed by atoms with Gasteiger partial charge in [0, 0.05) is 38.1 Å².